The fourth-order valence-corrected chi connectivity index (χ4v) is 2.44. The van der Waals surface area contributed by atoms with Gasteiger partial charge in [0, 0.05) is 17.7 Å². The normalized spacial score (nSPS) is 10.2. The number of hydrogen-bond acceptors (Lipinski definition) is 6. The molecule has 0 bridgehead atoms. The molecule has 0 aromatic heterocycles. The molecule has 2 aromatic carbocycles. The molecule has 0 aliphatic heterocycles. The van der Waals surface area contributed by atoms with Crippen LogP contribution in [0.4, 0.5) is 11.4 Å². The van der Waals surface area contributed by atoms with Crippen LogP contribution in [-0.2, 0) is 20.7 Å². The molecule has 8 nitrogen and oxygen atoms in total. The van der Waals surface area contributed by atoms with Crippen molar-refractivity contribution in [1.82, 2.24) is 0 Å². The first-order valence-electron chi connectivity index (χ1n) is 8.14. The molecular weight excluding hydrogens is 352 g/mol. The van der Waals surface area contributed by atoms with Gasteiger partial charge in [0.25, 0.3) is 11.6 Å². The molecule has 0 spiro atoms. The quantitative estimate of drug-likeness (QED) is 0.455. The molecule has 0 saturated carbocycles. The number of nitrogens with zero attached hydrogens (tertiary/aromatic N) is 1. The number of nitro benzene ring substituents is 1. The van der Waals surface area contributed by atoms with E-state index < -0.39 is 23.4 Å². The summed E-state index contributed by atoms with van der Waals surface area (Å²) in [5.74, 6) is -0.595. The zero-order chi connectivity index (χ0) is 20.0. The number of esters is 1. The van der Waals surface area contributed by atoms with Crippen molar-refractivity contribution in [2.75, 3.05) is 19.0 Å². The van der Waals surface area contributed by atoms with E-state index in [1.807, 2.05) is 19.1 Å². The number of amides is 1. The molecule has 1 amide bonds. The molecule has 0 unspecified atom stereocenters. The second kappa shape index (κ2) is 8.79. The Balaban J connectivity index is 1.94. The van der Waals surface area contributed by atoms with Crippen LogP contribution in [0.25, 0.3) is 0 Å². The Bertz CT molecular complexity index is 878. The number of carbonyl (C=O) groups excluding carboxylic acids is 2. The van der Waals surface area contributed by atoms with Gasteiger partial charge in [0.1, 0.15) is 5.75 Å². The van der Waals surface area contributed by atoms with Crippen molar-refractivity contribution >= 4 is 23.3 Å². The van der Waals surface area contributed by atoms with Crippen molar-refractivity contribution in [3.05, 3.63) is 63.2 Å². The predicted octanol–water partition coefficient (Wildman–Crippen LogP) is 2.94. The molecule has 8 heteroatoms. The van der Waals surface area contributed by atoms with Gasteiger partial charge in [0.15, 0.2) is 6.61 Å². The average Bonchev–Trinajstić information content (AvgIpc) is 2.62. The second-order valence-corrected chi connectivity index (χ2v) is 5.96. The minimum absolute atomic E-state index is 0.0338. The van der Waals surface area contributed by atoms with Crippen molar-refractivity contribution in [2.24, 2.45) is 0 Å². The van der Waals surface area contributed by atoms with Gasteiger partial charge in [-0.3, -0.25) is 19.7 Å². The number of carbonyl (C=O) groups is 2. The largest absolute Gasteiger partial charge is 0.496 e. The summed E-state index contributed by atoms with van der Waals surface area (Å²) in [7, 11) is 1.51. The summed E-state index contributed by atoms with van der Waals surface area (Å²) in [5.41, 5.74) is 2.45. The molecule has 0 saturated heterocycles. The van der Waals surface area contributed by atoms with Crippen molar-refractivity contribution in [3.63, 3.8) is 0 Å². The van der Waals surface area contributed by atoms with Gasteiger partial charge in [0.05, 0.1) is 24.1 Å². The number of nitrogens with one attached hydrogen (secondary N) is 1. The van der Waals surface area contributed by atoms with Crippen LogP contribution < -0.4 is 10.1 Å². The van der Waals surface area contributed by atoms with Gasteiger partial charge in [-0.05, 0) is 25.5 Å². The lowest BCUT2D eigenvalue weighted by molar-refractivity contribution is -0.384. The number of methoxy groups -OCH3 is 1. The van der Waals surface area contributed by atoms with Crippen molar-refractivity contribution < 1.29 is 24.0 Å². The van der Waals surface area contributed by atoms with Crippen LogP contribution in [-0.4, -0.2) is 30.5 Å². The fourth-order valence-electron chi connectivity index (χ4n) is 2.44. The molecule has 27 heavy (non-hydrogen) atoms. The van der Waals surface area contributed by atoms with Gasteiger partial charge >= 0.3 is 5.97 Å². The average molecular weight is 372 g/mol. The van der Waals surface area contributed by atoms with Gasteiger partial charge < -0.3 is 14.8 Å². The maximum absolute atomic E-state index is 12.0. The molecule has 0 aliphatic rings. The Morgan fingerprint density at radius 3 is 2.56 bits per heavy atom. The van der Waals surface area contributed by atoms with Gasteiger partial charge in [-0.2, -0.15) is 0 Å². The third kappa shape index (κ3) is 5.53. The van der Waals surface area contributed by atoms with Crippen LogP contribution in [0.2, 0.25) is 0 Å². The van der Waals surface area contributed by atoms with E-state index in [4.69, 9.17) is 9.47 Å². The zero-order valence-corrected chi connectivity index (χ0v) is 15.3. The van der Waals surface area contributed by atoms with Crippen LogP contribution in [0, 0.1) is 24.0 Å². The number of ether oxygens (including phenoxy) is 2. The third-order valence-corrected chi connectivity index (χ3v) is 3.84. The Morgan fingerprint density at radius 1 is 1.15 bits per heavy atom. The molecule has 0 radical (unpaired) electrons. The summed E-state index contributed by atoms with van der Waals surface area (Å²) in [6.07, 6.45) is -0.0338. The van der Waals surface area contributed by atoms with Crippen LogP contribution in [0.15, 0.2) is 36.4 Å². The standard InChI is InChI=1S/C19H20N2O6/c1-12-4-7-17(26-3)14(8-12)9-19(23)27-11-18(22)20-16-10-15(21(24)25)6-5-13(16)2/h4-8,10H,9,11H2,1-3H3,(H,20,22). The van der Waals surface area contributed by atoms with E-state index in [-0.39, 0.29) is 12.1 Å². The maximum Gasteiger partial charge on any atom is 0.310 e. The van der Waals surface area contributed by atoms with Crippen LogP contribution >= 0.6 is 0 Å². The Labute approximate surface area is 156 Å². The van der Waals surface area contributed by atoms with Gasteiger partial charge in [-0.15, -0.1) is 0 Å². The molecular formula is C19H20N2O6. The highest BCUT2D eigenvalue weighted by Crippen LogP contribution is 2.22. The smallest absolute Gasteiger partial charge is 0.310 e. The summed E-state index contributed by atoms with van der Waals surface area (Å²) in [6.45, 7) is 3.10. The van der Waals surface area contributed by atoms with Crippen molar-refractivity contribution in [1.29, 1.82) is 0 Å². The number of benzene rings is 2. The summed E-state index contributed by atoms with van der Waals surface area (Å²) in [4.78, 5) is 34.3. The molecule has 0 fully saturated rings. The SMILES string of the molecule is COc1ccc(C)cc1CC(=O)OCC(=O)Nc1cc([N+](=O)[O-])ccc1C. The molecule has 1 N–H and O–H groups in total. The zero-order valence-electron chi connectivity index (χ0n) is 15.3. The molecule has 0 heterocycles. The molecule has 0 atom stereocenters. The lowest BCUT2D eigenvalue weighted by atomic mass is 10.1. The summed E-state index contributed by atoms with van der Waals surface area (Å²) in [6, 6.07) is 9.57. The number of hydrogen-bond donors (Lipinski definition) is 1. The minimum atomic E-state index is -0.580. The van der Waals surface area contributed by atoms with Gasteiger partial charge in [-0.1, -0.05) is 23.8 Å². The highest BCUT2D eigenvalue weighted by atomic mass is 16.6. The van der Waals surface area contributed by atoms with Crippen molar-refractivity contribution in [3.8, 4) is 5.75 Å². The number of aryl methyl sites for hydroxylation is 2. The van der Waals surface area contributed by atoms with E-state index in [0.717, 1.165) is 5.56 Å². The minimum Gasteiger partial charge on any atom is -0.496 e. The van der Waals surface area contributed by atoms with Crippen LogP contribution in [0.3, 0.4) is 0 Å². The first-order valence-corrected chi connectivity index (χ1v) is 8.14. The van der Waals surface area contributed by atoms with E-state index in [0.29, 0.717) is 22.6 Å². The summed E-state index contributed by atoms with van der Waals surface area (Å²) < 4.78 is 10.2. The van der Waals surface area contributed by atoms with Crippen LogP contribution in [0.5, 0.6) is 5.75 Å². The fraction of sp³-hybridized carbons (Fsp3) is 0.263. The van der Waals surface area contributed by atoms with E-state index in [1.165, 1.54) is 25.3 Å². The molecule has 2 aromatic rings. The first kappa shape index (κ1) is 19.9. The number of rotatable bonds is 7. The Hall–Kier alpha value is -3.42. The number of anilines is 1. The number of non-ortho nitro benzene ring substituents is 1. The highest BCUT2D eigenvalue weighted by Gasteiger charge is 2.14. The Morgan fingerprint density at radius 2 is 1.89 bits per heavy atom. The van der Waals surface area contributed by atoms with Crippen molar-refractivity contribution in [2.45, 2.75) is 20.3 Å². The molecule has 142 valence electrons. The second-order valence-electron chi connectivity index (χ2n) is 5.96. The topological polar surface area (TPSA) is 108 Å². The third-order valence-electron chi connectivity index (χ3n) is 3.84. The van der Waals surface area contributed by atoms with Gasteiger partial charge in [-0.25, -0.2) is 0 Å². The summed E-state index contributed by atoms with van der Waals surface area (Å²) >= 11 is 0. The summed E-state index contributed by atoms with van der Waals surface area (Å²) in [5, 5.41) is 13.3. The van der Waals surface area contributed by atoms with E-state index in [9.17, 15) is 19.7 Å². The highest BCUT2D eigenvalue weighted by molar-refractivity contribution is 5.93. The lowest BCUT2D eigenvalue weighted by Gasteiger charge is -2.11. The van der Waals surface area contributed by atoms with E-state index >= 15 is 0 Å². The van der Waals surface area contributed by atoms with Gasteiger partial charge in [0.2, 0.25) is 0 Å². The monoisotopic (exact) mass is 372 g/mol. The Kier molecular flexibility index (Phi) is 6.48. The van der Waals surface area contributed by atoms with Crippen LogP contribution in [0.1, 0.15) is 16.7 Å². The maximum atomic E-state index is 12.0. The molecule has 2 rings (SSSR count). The number of nitro groups is 1. The first-order chi connectivity index (χ1) is 12.8. The molecule has 0 aliphatic carbocycles. The van der Waals surface area contributed by atoms with E-state index in [2.05, 4.69) is 5.32 Å². The lowest BCUT2D eigenvalue weighted by Crippen LogP contribution is -2.22. The van der Waals surface area contributed by atoms with E-state index in [1.54, 1.807) is 13.0 Å². The predicted molar refractivity (Wildman–Crippen MR) is 98.9 cm³/mol.